The summed E-state index contributed by atoms with van der Waals surface area (Å²) in [6, 6.07) is 1.56. The number of hydrogen-bond acceptors (Lipinski definition) is 2. The van der Waals surface area contributed by atoms with Crippen LogP contribution in [0.2, 0.25) is 0 Å². The Hall–Kier alpha value is -0.0800. The van der Waals surface area contributed by atoms with Crippen LogP contribution in [0.5, 0.6) is 0 Å². The van der Waals surface area contributed by atoms with Crippen molar-refractivity contribution in [3.8, 4) is 0 Å². The van der Waals surface area contributed by atoms with Gasteiger partial charge in [0.1, 0.15) is 0 Å². The molecule has 1 spiro atoms. The molecule has 2 nitrogen and oxygen atoms in total. The lowest BCUT2D eigenvalue weighted by Crippen LogP contribution is -2.55. The van der Waals surface area contributed by atoms with Crippen LogP contribution in [-0.2, 0) is 0 Å². The highest BCUT2D eigenvalue weighted by molar-refractivity contribution is 4.96. The minimum Gasteiger partial charge on any atom is -0.315 e. The average Bonchev–Trinajstić information content (AvgIpc) is 2.95. The van der Waals surface area contributed by atoms with Crippen molar-refractivity contribution in [3.05, 3.63) is 0 Å². The van der Waals surface area contributed by atoms with Gasteiger partial charge in [0.05, 0.1) is 0 Å². The van der Waals surface area contributed by atoms with E-state index in [4.69, 9.17) is 0 Å². The van der Waals surface area contributed by atoms with E-state index in [9.17, 15) is 0 Å². The predicted octanol–water partition coefficient (Wildman–Crippen LogP) is 3.81. The quantitative estimate of drug-likeness (QED) is 0.844. The molecule has 0 amide bonds. The molecule has 116 valence electrons. The maximum absolute atomic E-state index is 3.62. The SMILES string of the molecule is CCC1CCC(NC)C(N2CCC3(CCCC3)CC2)C1. The van der Waals surface area contributed by atoms with Crippen molar-refractivity contribution in [2.24, 2.45) is 11.3 Å². The first kappa shape index (κ1) is 14.8. The Labute approximate surface area is 125 Å². The fourth-order valence-corrected chi connectivity index (χ4v) is 5.30. The van der Waals surface area contributed by atoms with Crippen LogP contribution in [0.3, 0.4) is 0 Å². The molecular formula is C18H34N2. The van der Waals surface area contributed by atoms with Crippen molar-refractivity contribution in [2.75, 3.05) is 20.1 Å². The Morgan fingerprint density at radius 1 is 1.05 bits per heavy atom. The predicted molar refractivity (Wildman–Crippen MR) is 86.0 cm³/mol. The van der Waals surface area contributed by atoms with Gasteiger partial charge in [0.25, 0.3) is 0 Å². The molecule has 3 unspecified atom stereocenters. The monoisotopic (exact) mass is 278 g/mol. The lowest BCUT2D eigenvalue weighted by Gasteiger charge is -2.48. The van der Waals surface area contributed by atoms with Crippen LogP contribution >= 0.6 is 0 Å². The number of piperidine rings is 1. The van der Waals surface area contributed by atoms with Crippen LogP contribution in [0.15, 0.2) is 0 Å². The normalized spacial score (nSPS) is 38.4. The number of likely N-dealkylation sites (N-methyl/N-ethyl adjacent to an activating group) is 1. The van der Waals surface area contributed by atoms with Crippen molar-refractivity contribution in [3.63, 3.8) is 0 Å². The third-order valence-corrected chi connectivity index (χ3v) is 6.87. The Bertz CT molecular complexity index is 299. The summed E-state index contributed by atoms with van der Waals surface area (Å²) in [5.41, 5.74) is 0.768. The highest BCUT2D eigenvalue weighted by atomic mass is 15.2. The molecule has 0 aromatic rings. The van der Waals surface area contributed by atoms with Gasteiger partial charge in [-0.3, -0.25) is 4.90 Å². The topological polar surface area (TPSA) is 15.3 Å². The largest absolute Gasteiger partial charge is 0.315 e. The van der Waals surface area contributed by atoms with E-state index >= 15 is 0 Å². The summed E-state index contributed by atoms with van der Waals surface area (Å²) in [6.07, 6.45) is 14.7. The molecule has 2 heteroatoms. The smallest absolute Gasteiger partial charge is 0.0251 e. The first-order chi connectivity index (χ1) is 9.76. The number of hydrogen-bond donors (Lipinski definition) is 1. The molecule has 3 fully saturated rings. The number of likely N-dealkylation sites (tertiary alicyclic amines) is 1. The van der Waals surface area contributed by atoms with Crippen LogP contribution in [0.4, 0.5) is 0 Å². The molecule has 0 radical (unpaired) electrons. The summed E-state index contributed by atoms with van der Waals surface area (Å²) >= 11 is 0. The van der Waals surface area contributed by atoms with E-state index in [1.165, 1.54) is 77.3 Å². The molecule has 2 saturated carbocycles. The van der Waals surface area contributed by atoms with Gasteiger partial charge in [-0.05, 0) is 76.4 Å². The highest BCUT2D eigenvalue weighted by Crippen LogP contribution is 2.47. The lowest BCUT2D eigenvalue weighted by atomic mass is 9.74. The zero-order valence-corrected chi connectivity index (χ0v) is 13.7. The van der Waals surface area contributed by atoms with Gasteiger partial charge in [-0.15, -0.1) is 0 Å². The first-order valence-electron chi connectivity index (χ1n) is 9.18. The highest BCUT2D eigenvalue weighted by Gasteiger charge is 2.40. The van der Waals surface area contributed by atoms with E-state index in [-0.39, 0.29) is 0 Å². The van der Waals surface area contributed by atoms with Gasteiger partial charge in [-0.2, -0.15) is 0 Å². The Morgan fingerprint density at radius 2 is 1.75 bits per heavy atom. The maximum atomic E-state index is 3.62. The number of nitrogens with zero attached hydrogens (tertiary/aromatic N) is 1. The van der Waals surface area contributed by atoms with E-state index in [1.807, 2.05) is 0 Å². The van der Waals surface area contributed by atoms with Crippen molar-refractivity contribution in [1.82, 2.24) is 10.2 Å². The zero-order chi connectivity index (χ0) is 14.0. The number of rotatable bonds is 3. The Morgan fingerprint density at radius 3 is 2.35 bits per heavy atom. The van der Waals surface area contributed by atoms with Crippen molar-refractivity contribution >= 4 is 0 Å². The summed E-state index contributed by atoms with van der Waals surface area (Å²) < 4.78 is 0. The van der Waals surface area contributed by atoms with E-state index in [0.29, 0.717) is 0 Å². The van der Waals surface area contributed by atoms with Crippen molar-refractivity contribution in [2.45, 2.75) is 83.2 Å². The number of nitrogens with one attached hydrogen (secondary N) is 1. The van der Waals surface area contributed by atoms with E-state index < -0.39 is 0 Å². The van der Waals surface area contributed by atoms with Crippen LogP contribution in [0, 0.1) is 11.3 Å². The molecule has 3 aliphatic rings. The second-order valence-corrected chi connectivity index (χ2v) is 7.79. The fraction of sp³-hybridized carbons (Fsp3) is 1.00. The molecule has 3 rings (SSSR count). The van der Waals surface area contributed by atoms with Crippen LogP contribution in [0.25, 0.3) is 0 Å². The zero-order valence-electron chi connectivity index (χ0n) is 13.7. The Balaban J connectivity index is 1.60. The van der Waals surface area contributed by atoms with E-state index in [2.05, 4.69) is 24.2 Å². The molecule has 1 aliphatic heterocycles. The molecule has 1 N–H and O–H groups in total. The maximum Gasteiger partial charge on any atom is 0.0251 e. The first-order valence-corrected chi connectivity index (χ1v) is 9.18. The van der Waals surface area contributed by atoms with Gasteiger partial charge in [0, 0.05) is 12.1 Å². The molecule has 1 saturated heterocycles. The molecule has 0 bridgehead atoms. The van der Waals surface area contributed by atoms with Crippen LogP contribution in [0.1, 0.15) is 71.1 Å². The van der Waals surface area contributed by atoms with Gasteiger partial charge in [0.15, 0.2) is 0 Å². The Kier molecular flexibility index (Phi) is 4.72. The lowest BCUT2D eigenvalue weighted by molar-refractivity contribution is 0.0356. The molecule has 20 heavy (non-hydrogen) atoms. The molecule has 0 aromatic carbocycles. The molecule has 3 atom stereocenters. The molecular weight excluding hydrogens is 244 g/mol. The molecule has 0 aromatic heterocycles. The van der Waals surface area contributed by atoms with E-state index in [0.717, 1.165) is 23.4 Å². The summed E-state index contributed by atoms with van der Waals surface area (Å²) in [7, 11) is 2.17. The fourth-order valence-electron chi connectivity index (χ4n) is 5.30. The third kappa shape index (κ3) is 2.92. The summed E-state index contributed by atoms with van der Waals surface area (Å²) in [5.74, 6) is 0.979. The summed E-state index contributed by atoms with van der Waals surface area (Å²) in [4.78, 5) is 2.85. The van der Waals surface area contributed by atoms with E-state index in [1.54, 1.807) is 0 Å². The minimum absolute atomic E-state index is 0.746. The standard InChI is InChI=1S/C18H34N2/c1-3-15-6-7-16(19-2)17(14-15)20-12-10-18(11-13-20)8-4-5-9-18/h15-17,19H,3-14H2,1-2H3. The summed E-state index contributed by atoms with van der Waals surface area (Å²) in [5, 5.41) is 3.62. The van der Waals surface area contributed by atoms with Gasteiger partial charge < -0.3 is 5.32 Å². The van der Waals surface area contributed by atoms with Gasteiger partial charge >= 0.3 is 0 Å². The summed E-state index contributed by atoms with van der Waals surface area (Å²) in [6.45, 7) is 5.13. The van der Waals surface area contributed by atoms with Crippen molar-refractivity contribution < 1.29 is 0 Å². The molecule has 2 aliphatic carbocycles. The van der Waals surface area contributed by atoms with Crippen LogP contribution < -0.4 is 5.32 Å². The van der Waals surface area contributed by atoms with Crippen molar-refractivity contribution in [1.29, 1.82) is 0 Å². The average molecular weight is 278 g/mol. The second-order valence-electron chi connectivity index (χ2n) is 7.79. The molecule has 1 heterocycles. The third-order valence-electron chi connectivity index (χ3n) is 6.87. The van der Waals surface area contributed by atoms with Gasteiger partial charge in [-0.1, -0.05) is 26.2 Å². The minimum atomic E-state index is 0.746. The van der Waals surface area contributed by atoms with Gasteiger partial charge in [0.2, 0.25) is 0 Å². The van der Waals surface area contributed by atoms with Crippen LogP contribution in [-0.4, -0.2) is 37.1 Å². The second kappa shape index (κ2) is 6.36. The van der Waals surface area contributed by atoms with Gasteiger partial charge in [-0.25, -0.2) is 0 Å².